The Balaban J connectivity index is 3.90. The van der Waals surface area contributed by atoms with E-state index in [9.17, 15) is 8.42 Å². The zero-order valence-electron chi connectivity index (χ0n) is 9.63. The molecule has 3 nitrogen and oxygen atoms in total. The number of unbranched alkanes of at least 4 members (excludes halogenated alkanes) is 1. The van der Waals surface area contributed by atoms with Crippen molar-refractivity contribution < 1.29 is 8.42 Å². The third kappa shape index (κ3) is 8.05. The minimum atomic E-state index is -3.06. The van der Waals surface area contributed by atoms with Crippen LogP contribution in [0.15, 0.2) is 0 Å². The van der Waals surface area contributed by atoms with Crippen LogP contribution in [-0.4, -0.2) is 26.6 Å². The van der Waals surface area contributed by atoms with Crippen LogP contribution in [0.2, 0.25) is 0 Å². The molecule has 0 saturated heterocycles. The predicted octanol–water partition coefficient (Wildman–Crippen LogP) is 2.36. The van der Waals surface area contributed by atoms with Crippen molar-refractivity contribution in [3.63, 3.8) is 0 Å². The highest BCUT2D eigenvalue weighted by molar-refractivity contribution is 7.89. The van der Waals surface area contributed by atoms with E-state index >= 15 is 0 Å². The molecule has 1 atom stereocenters. The van der Waals surface area contributed by atoms with Crippen LogP contribution < -0.4 is 4.72 Å². The maximum atomic E-state index is 11.5. The first-order valence-corrected chi connectivity index (χ1v) is 7.77. The summed E-state index contributed by atoms with van der Waals surface area (Å²) in [4.78, 5) is 0. The van der Waals surface area contributed by atoms with Crippen molar-refractivity contribution in [2.24, 2.45) is 5.92 Å². The minimum Gasteiger partial charge on any atom is -0.215 e. The summed E-state index contributed by atoms with van der Waals surface area (Å²) < 4.78 is 25.6. The van der Waals surface area contributed by atoms with Crippen LogP contribution in [0.5, 0.6) is 0 Å². The average molecular weight is 256 g/mol. The molecule has 0 radical (unpaired) electrons. The van der Waals surface area contributed by atoms with Gasteiger partial charge in [-0.3, -0.25) is 0 Å². The maximum Gasteiger partial charge on any atom is 0.211 e. The van der Waals surface area contributed by atoms with Crippen LogP contribution in [0, 0.1) is 5.92 Å². The second-order valence-corrected chi connectivity index (χ2v) is 6.08. The highest BCUT2D eigenvalue weighted by Crippen LogP contribution is 2.08. The quantitative estimate of drug-likeness (QED) is 0.643. The zero-order valence-corrected chi connectivity index (χ0v) is 11.2. The molecule has 15 heavy (non-hydrogen) atoms. The molecule has 1 N–H and O–H groups in total. The summed E-state index contributed by atoms with van der Waals surface area (Å²) in [5, 5.41) is 0. The van der Waals surface area contributed by atoms with E-state index in [2.05, 4.69) is 11.6 Å². The van der Waals surface area contributed by atoms with E-state index in [-0.39, 0.29) is 5.75 Å². The lowest BCUT2D eigenvalue weighted by Gasteiger charge is -2.14. The average Bonchev–Trinajstić information content (AvgIpc) is 2.21. The fourth-order valence-electron chi connectivity index (χ4n) is 1.26. The first-order chi connectivity index (χ1) is 7.05. The molecule has 0 aromatic carbocycles. The Bertz CT molecular complexity index is 242. The molecule has 0 aliphatic heterocycles. The number of alkyl halides is 1. The topological polar surface area (TPSA) is 46.2 Å². The van der Waals surface area contributed by atoms with Gasteiger partial charge in [0.1, 0.15) is 0 Å². The number of sulfonamides is 1. The van der Waals surface area contributed by atoms with Gasteiger partial charge in [-0.2, -0.15) is 0 Å². The van der Waals surface area contributed by atoms with E-state index in [0.717, 1.165) is 25.7 Å². The molecular formula is C10H22ClNO2S. The Hall–Kier alpha value is 0.200. The van der Waals surface area contributed by atoms with Gasteiger partial charge in [0.25, 0.3) is 0 Å². The van der Waals surface area contributed by atoms with Crippen molar-refractivity contribution >= 4 is 21.6 Å². The van der Waals surface area contributed by atoms with Gasteiger partial charge in [-0.05, 0) is 18.8 Å². The molecule has 0 bridgehead atoms. The lowest BCUT2D eigenvalue weighted by molar-refractivity contribution is 0.480. The van der Waals surface area contributed by atoms with Crippen molar-refractivity contribution in [1.29, 1.82) is 0 Å². The molecule has 0 spiro atoms. The maximum absolute atomic E-state index is 11.5. The molecule has 0 rings (SSSR count). The van der Waals surface area contributed by atoms with Crippen molar-refractivity contribution in [3.8, 4) is 0 Å². The number of rotatable bonds is 9. The summed E-state index contributed by atoms with van der Waals surface area (Å²) in [7, 11) is -3.06. The highest BCUT2D eigenvalue weighted by atomic mass is 35.5. The van der Waals surface area contributed by atoms with Gasteiger partial charge in [-0.1, -0.05) is 26.7 Å². The molecule has 0 aliphatic rings. The third-order valence-corrected chi connectivity index (χ3v) is 4.10. The van der Waals surface area contributed by atoms with Crippen LogP contribution in [0.4, 0.5) is 0 Å². The Labute approximate surface area is 98.6 Å². The molecule has 0 amide bonds. The first-order valence-electron chi connectivity index (χ1n) is 5.59. The summed E-state index contributed by atoms with van der Waals surface area (Å²) in [6.07, 6.45) is 3.46. The van der Waals surface area contributed by atoms with Gasteiger partial charge in [0.2, 0.25) is 10.0 Å². The molecule has 0 saturated carbocycles. The molecule has 0 aromatic heterocycles. The molecule has 5 heteroatoms. The van der Waals surface area contributed by atoms with Gasteiger partial charge >= 0.3 is 0 Å². The lowest BCUT2D eigenvalue weighted by atomic mass is 10.0. The van der Waals surface area contributed by atoms with Gasteiger partial charge in [0.05, 0.1) is 5.75 Å². The predicted molar refractivity (Wildman–Crippen MR) is 65.8 cm³/mol. The number of halogens is 1. The molecule has 0 aromatic rings. The highest BCUT2D eigenvalue weighted by Gasteiger charge is 2.12. The SMILES string of the molecule is CCCCS(=O)(=O)NCC(CC)CCCl. The Morgan fingerprint density at radius 2 is 2.00 bits per heavy atom. The molecule has 0 fully saturated rings. The normalized spacial score (nSPS) is 14.1. The standard InChI is InChI=1S/C10H22ClNO2S/c1-3-5-8-15(13,14)12-9-10(4-2)6-7-11/h10,12H,3-9H2,1-2H3. The number of hydrogen-bond donors (Lipinski definition) is 1. The monoisotopic (exact) mass is 255 g/mol. The largest absolute Gasteiger partial charge is 0.215 e. The van der Waals surface area contributed by atoms with Gasteiger partial charge < -0.3 is 0 Å². The van der Waals surface area contributed by atoms with Crippen molar-refractivity contribution in [2.45, 2.75) is 39.5 Å². The molecule has 92 valence electrons. The van der Waals surface area contributed by atoms with E-state index in [1.807, 2.05) is 6.92 Å². The Morgan fingerprint density at radius 1 is 1.33 bits per heavy atom. The minimum absolute atomic E-state index is 0.237. The van der Waals surface area contributed by atoms with Crippen LogP contribution >= 0.6 is 11.6 Å². The van der Waals surface area contributed by atoms with E-state index in [1.54, 1.807) is 0 Å². The van der Waals surface area contributed by atoms with Crippen molar-refractivity contribution in [2.75, 3.05) is 18.2 Å². The van der Waals surface area contributed by atoms with Crippen molar-refractivity contribution in [3.05, 3.63) is 0 Å². The third-order valence-electron chi connectivity index (χ3n) is 2.45. The summed E-state index contributed by atoms with van der Waals surface area (Å²) in [6, 6.07) is 0. The van der Waals surface area contributed by atoms with Gasteiger partial charge in [-0.25, -0.2) is 13.1 Å². The van der Waals surface area contributed by atoms with Crippen molar-refractivity contribution in [1.82, 2.24) is 4.72 Å². The summed E-state index contributed by atoms with van der Waals surface area (Å²) in [5.41, 5.74) is 0. The molecule has 0 aliphatic carbocycles. The molecular weight excluding hydrogens is 234 g/mol. The summed E-state index contributed by atoms with van der Waals surface area (Å²) in [5.74, 6) is 1.19. The van der Waals surface area contributed by atoms with Crippen LogP contribution in [0.3, 0.4) is 0 Å². The van der Waals surface area contributed by atoms with Gasteiger partial charge in [0, 0.05) is 12.4 Å². The Morgan fingerprint density at radius 3 is 2.47 bits per heavy atom. The van der Waals surface area contributed by atoms with E-state index in [1.165, 1.54) is 0 Å². The Kier molecular flexibility index (Phi) is 8.47. The number of nitrogens with one attached hydrogen (secondary N) is 1. The fourth-order valence-corrected chi connectivity index (χ4v) is 2.87. The van der Waals surface area contributed by atoms with Gasteiger partial charge in [0.15, 0.2) is 0 Å². The first kappa shape index (κ1) is 15.2. The zero-order chi connectivity index (χ0) is 11.7. The number of hydrogen-bond acceptors (Lipinski definition) is 2. The molecule has 1 unspecified atom stereocenters. The smallest absolute Gasteiger partial charge is 0.211 e. The van der Waals surface area contributed by atoms with E-state index in [4.69, 9.17) is 11.6 Å². The van der Waals surface area contributed by atoms with Crippen LogP contribution in [0.1, 0.15) is 39.5 Å². The lowest BCUT2D eigenvalue weighted by Crippen LogP contribution is -2.31. The van der Waals surface area contributed by atoms with E-state index in [0.29, 0.717) is 18.3 Å². The van der Waals surface area contributed by atoms with Crippen LogP contribution in [0.25, 0.3) is 0 Å². The summed E-state index contributed by atoms with van der Waals surface area (Å²) in [6.45, 7) is 4.56. The summed E-state index contributed by atoms with van der Waals surface area (Å²) >= 11 is 5.63. The second kappa shape index (κ2) is 8.36. The molecule has 0 heterocycles. The van der Waals surface area contributed by atoms with E-state index < -0.39 is 10.0 Å². The second-order valence-electron chi connectivity index (χ2n) is 3.77. The van der Waals surface area contributed by atoms with Crippen LogP contribution in [-0.2, 0) is 10.0 Å². The van der Waals surface area contributed by atoms with Gasteiger partial charge in [-0.15, -0.1) is 11.6 Å². The fraction of sp³-hybridized carbons (Fsp3) is 1.00.